The van der Waals surface area contributed by atoms with Crippen molar-refractivity contribution < 1.29 is 52.2 Å². The molecule has 0 bridgehead atoms. The highest BCUT2D eigenvalue weighted by Crippen LogP contribution is 2.43. The molecular weight excluding hydrogens is 928 g/mol. The molecule has 0 aromatic carbocycles. The summed E-state index contributed by atoms with van der Waals surface area (Å²) in [5.74, 6) is -1.56. The summed E-state index contributed by atoms with van der Waals surface area (Å²) in [7, 11) is -4.77. The standard InChI is InChI=1S/C60H99O11P/c1-4-7-10-13-16-19-22-25-26-27-28-29-30-33-34-37-40-43-46-49-58(62)67-53-57(71-60(64)51-48-45-42-39-36-32-24-21-18-15-12-9-6-3)55-69-72(65,66)68-54-56(52-61)70-59(63)50-47-44-41-38-35-31-23-20-17-14-11-8-5-2/h8-9,11-12,16-21,25-26,28-29,31-32,35-36,56-57,61H,4-7,10,13-15,22-24,27,30,33-34,37-55H2,1-3H3,(H,65,66)/b11-8-,12-9-,19-16-,20-17-,21-18-,26-25-,29-28-,35-31-,36-32-. The summed E-state index contributed by atoms with van der Waals surface area (Å²) < 4.78 is 39.4. The summed E-state index contributed by atoms with van der Waals surface area (Å²) in [5, 5.41) is 9.79. The van der Waals surface area contributed by atoms with E-state index in [9.17, 15) is 28.9 Å². The van der Waals surface area contributed by atoms with Crippen LogP contribution in [0.1, 0.15) is 213 Å². The van der Waals surface area contributed by atoms with E-state index in [4.69, 9.17) is 23.3 Å². The van der Waals surface area contributed by atoms with E-state index in [2.05, 4.69) is 130 Å². The first-order chi connectivity index (χ1) is 35.2. The summed E-state index contributed by atoms with van der Waals surface area (Å²) in [6.45, 7) is 4.28. The van der Waals surface area contributed by atoms with Gasteiger partial charge in [0.15, 0.2) is 6.10 Å². The van der Waals surface area contributed by atoms with Crippen molar-refractivity contribution in [3.05, 3.63) is 109 Å². The molecule has 0 aliphatic rings. The monoisotopic (exact) mass is 1030 g/mol. The summed E-state index contributed by atoms with van der Waals surface area (Å²) >= 11 is 0. The van der Waals surface area contributed by atoms with Crippen molar-refractivity contribution in [2.45, 2.75) is 226 Å². The molecule has 0 saturated carbocycles. The Morgan fingerprint density at radius 3 is 1.12 bits per heavy atom. The molecule has 0 fully saturated rings. The third kappa shape index (κ3) is 51.1. The first-order valence-electron chi connectivity index (χ1n) is 27.8. The van der Waals surface area contributed by atoms with Gasteiger partial charge in [0.1, 0.15) is 12.7 Å². The second-order valence-electron chi connectivity index (χ2n) is 18.0. The minimum Gasteiger partial charge on any atom is -0.462 e. The number of carbonyl (C=O) groups is 3. The molecule has 0 rings (SSSR count). The van der Waals surface area contributed by atoms with Crippen molar-refractivity contribution >= 4 is 25.7 Å². The van der Waals surface area contributed by atoms with E-state index in [-0.39, 0.29) is 25.9 Å². The molecule has 0 radical (unpaired) electrons. The van der Waals surface area contributed by atoms with E-state index in [0.717, 1.165) is 128 Å². The molecule has 0 aromatic rings. The van der Waals surface area contributed by atoms with Crippen molar-refractivity contribution in [3.8, 4) is 0 Å². The minimum absolute atomic E-state index is 0.122. The molecule has 72 heavy (non-hydrogen) atoms. The number of phosphoric ester groups is 1. The number of rotatable bonds is 50. The number of esters is 3. The van der Waals surface area contributed by atoms with Gasteiger partial charge in [-0.15, -0.1) is 0 Å². The van der Waals surface area contributed by atoms with E-state index in [1.54, 1.807) is 0 Å². The molecule has 410 valence electrons. The van der Waals surface area contributed by atoms with Gasteiger partial charge in [-0.25, -0.2) is 4.57 Å². The quantitative estimate of drug-likeness (QED) is 0.0197. The lowest BCUT2D eigenvalue weighted by molar-refractivity contribution is -0.161. The zero-order chi connectivity index (χ0) is 52.7. The van der Waals surface area contributed by atoms with Crippen LogP contribution in [0.15, 0.2) is 109 Å². The van der Waals surface area contributed by atoms with Crippen LogP contribution in [0.3, 0.4) is 0 Å². The predicted octanol–water partition coefficient (Wildman–Crippen LogP) is 16.2. The Kier molecular flexibility index (Phi) is 50.6. The minimum atomic E-state index is -4.77. The number of carbonyl (C=O) groups excluding carboxylic acids is 3. The Labute approximate surface area is 437 Å². The van der Waals surface area contributed by atoms with Crippen LogP contribution < -0.4 is 0 Å². The normalized spacial score (nSPS) is 14.2. The lowest BCUT2D eigenvalue weighted by Gasteiger charge is -2.21. The maximum atomic E-state index is 12.9. The van der Waals surface area contributed by atoms with Crippen LogP contribution in [0.5, 0.6) is 0 Å². The molecular formula is C60H99O11P. The number of aliphatic hydroxyl groups is 1. The van der Waals surface area contributed by atoms with E-state index < -0.39 is 57.8 Å². The zero-order valence-electron chi connectivity index (χ0n) is 45.1. The van der Waals surface area contributed by atoms with Gasteiger partial charge in [-0.2, -0.15) is 0 Å². The Hall–Kier alpha value is -3.86. The summed E-state index contributed by atoms with van der Waals surface area (Å²) in [6, 6.07) is 0. The van der Waals surface area contributed by atoms with E-state index in [1.807, 2.05) is 0 Å². The first kappa shape index (κ1) is 68.1. The summed E-state index contributed by atoms with van der Waals surface area (Å²) in [4.78, 5) is 48.4. The first-order valence-corrected chi connectivity index (χ1v) is 29.3. The lowest BCUT2D eigenvalue weighted by Crippen LogP contribution is -2.30. The Balaban J connectivity index is 4.80. The van der Waals surface area contributed by atoms with E-state index >= 15 is 0 Å². The highest BCUT2D eigenvalue weighted by Gasteiger charge is 2.28. The average Bonchev–Trinajstić information content (AvgIpc) is 3.37. The highest BCUT2D eigenvalue weighted by atomic mass is 31.2. The van der Waals surface area contributed by atoms with Crippen molar-refractivity contribution in [1.29, 1.82) is 0 Å². The van der Waals surface area contributed by atoms with Gasteiger partial charge in [0.25, 0.3) is 0 Å². The molecule has 0 aliphatic heterocycles. The smallest absolute Gasteiger partial charge is 0.462 e. The molecule has 0 spiro atoms. The third-order valence-corrected chi connectivity index (χ3v) is 12.1. The fraction of sp³-hybridized carbons (Fsp3) is 0.650. The van der Waals surface area contributed by atoms with Gasteiger partial charge in [-0.05, 0) is 122 Å². The van der Waals surface area contributed by atoms with Crippen LogP contribution in [0, 0.1) is 0 Å². The molecule has 11 nitrogen and oxygen atoms in total. The zero-order valence-corrected chi connectivity index (χ0v) is 46.0. The average molecular weight is 1030 g/mol. The van der Waals surface area contributed by atoms with Gasteiger partial charge in [0.05, 0.1) is 19.8 Å². The van der Waals surface area contributed by atoms with Gasteiger partial charge in [0.2, 0.25) is 0 Å². The molecule has 2 N–H and O–H groups in total. The number of hydrogen-bond donors (Lipinski definition) is 2. The van der Waals surface area contributed by atoms with E-state index in [0.29, 0.717) is 19.3 Å². The second kappa shape index (κ2) is 53.4. The molecule has 0 amide bonds. The van der Waals surface area contributed by atoms with Crippen LogP contribution in [-0.4, -0.2) is 66.5 Å². The number of unbranched alkanes of at least 4 members (excludes halogenated alkanes) is 15. The van der Waals surface area contributed by atoms with Gasteiger partial charge >= 0.3 is 25.7 Å². The Morgan fingerprint density at radius 2 is 0.722 bits per heavy atom. The van der Waals surface area contributed by atoms with Gasteiger partial charge in [-0.1, -0.05) is 182 Å². The molecule has 0 saturated heterocycles. The van der Waals surface area contributed by atoms with Gasteiger partial charge in [-0.3, -0.25) is 23.4 Å². The molecule has 0 aromatic heterocycles. The van der Waals surface area contributed by atoms with E-state index in [1.165, 1.54) is 25.7 Å². The number of hydrogen-bond acceptors (Lipinski definition) is 10. The summed E-state index contributed by atoms with van der Waals surface area (Å²) in [6.07, 6.45) is 63.4. The Morgan fingerprint density at radius 1 is 0.403 bits per heavy atom. The van der Waals surface area contributed by atoms with Crippen molar-refractivity contribution in [2.24, 2.45) is 0 Å². The third-order valence-electron chi connectivity index (χ3n) is 11.2. The highest BCUT2D eigenvalue weighted by molar-refractivity contribution is 7.47. The lowest BCUT2D eigenvalue weighted by atomic mass is 10.1. The number of allylic oxidation sites excluding steroid dienone is 18. The van der Waals surface area contributed by atoms with Gasteiger partial charge in [0, 0.05) is 19.3 Å². The van der Waals surface area contributed by atoms with Crippen molar-refractivity contribution in [1.82, 2.24) is 0 Å². The van der Waals surface area contributed by atoms with Crippen LogP contribution in [0.25, 0.3) is 0 Å². The Bertz CT molecular complexity index is 1620. The topological polar surface area (TPSA) is 155 Å². The molecule has 3 unspecified atom stereocenters. The maximum Gasteiger partial charge on any atom is 0.472 e. The summed E-state index contributed by atoms with van der Waals surface area (Å²) in [5.41, 5.74) is 0. The largest absolute Gasteiger partial charge is 0.472 e. The molecule has 3 atom stereocenters. The van der Waals surface area contributed by atoms with Crippen LogP contribution in [-0.2, 0) is 42.2 Å². The number of phosphoric acid groups is 1. The van der Waals surface area contributed by atoms with Crippen LogP contribution in [0.2, 0.25) is 0 Å². The molecule has 0 heterocycles. The number of ether oxygens (including phenoxy) is 3. The molecule has 12 heteroatoms. The number of aliphatic hydroxyl groups excluding tert-OH is 1. The fourth-order valence-electron chi connectivity index (χ4n) is 6.98. The van der Waals surface area contributed by atoms with Crippen LogP contribution >= 0.6 is 7.82 Å². The maximum absolute atomic E-state index is 12.9. The van der Waals surface area contributed by atoms with Crippen molar-refractivity contribution in [3.63, 3.8) is 0 Å². The van der Waals surface area contributed by atoms with Crippen molar-refractivity contribution in [2.75, 3.05) is 26.4 Å². The fourth-order valence-corrected chi connectivity index (χ4v) is 7.76. The van der Waals surface area contributed by atoms with Gasteiger partial charge < -0.3 is 24.2 Å². The predicted molar refractivity (Wildman–Crippen MR) is 297 cm³/mol. The molecule has 0 aliphatic carbocycles. The SMILES string of the molecule is CC/C=C\C/C=C\C/C=C\CCCCCC(=O)OC(CO)COP(=O)(O)OCC(COC(=O)CCCCCCCC/C=C\C/C=C\C/C=C\CCCCC)OC(=O)CCCCC/C=C\C/C=C\C/C=C\CC. The second-order valence-corrected chi connectivity index (χ2v) is 19.4. The van der Waals surface area contributed by atoms with Crippen LogP contribution in [0.4, 0.5) is 0 Å².